The zero-order valence-electron chi connectivity index (χ0n) is 10.00. The Kier molecular flexibility index (Phi) is 2.93. The molecule has 0 fully saturated rings. The van der Waals surface area contributed by atoms with Gasteiger partial charge in [0.15, 0.2) is 5.82 Å². The van der Waals surface area contributed by atoms with Crippen LogP contribution < -0.4 is 5.32 Å². The van der Waals surface area contributed by atoms with Crippen LogP contribution in [0.2, 0.25) is 0 Å². The first kappa shape index (κ1) is 11.2. The molecule has 0 saturated carbocycles. The summed E-state index contributed by atoms with van der Waals surface area (Å²) in [6.45, 7) is 0.812. The monoisotopic (exact) mass is 259 g/mol. The van der Waals surface area contributed by atoms with Gasteiger partial charge in [-0.05, 0) is 6.07 Å². The Bertz CT molecular complexity index is 644. The molecule has 0 radical (unpaired) electrons. The van der Waals surface area contributed by atoms with E-state index in [1.807, 2.05) is 23.2 Å². The van der Waals surface area contributed by atoms with E-state index in [1.165, 1.54) is 0 Å². The summed E-state index contributed by atoms with van der Waals surface area (Å²) < 4.78 is 1.99. The number of aromatic nitrogens is 4. The van der Waals surface area contributed by atoms with E-state index < -0.39 is 0 Å². The Morgan fingerprint density at radius 3 is 3.11 bits per heavy atom. The van der Waals surface area contributed by atoms with Crippen molar-refractivity contribution < 1.29 is 0 Å². The maximum Gasteiger partial charge on any atom is 0.154 e. The minimum atomic E-state index is 0.812. The molecule has 0 aromatic carbocycles. The van der Waals surface area contributed by atoms with E-state index >= 15 is 0 Å². The Hall–Kier alpha value is -1.95. The predicted molar refractivity (Wildman–Crippen MR) is 72.8 cm³/mol. The number of pyridine rings is 1. The zero-order valence-corrected chi connectivity index (χ0v) is 10.8. The van der Waals surface area contributed by atoms with Crippen molar-refractivity contribution in [3.05, 3.63) is 35.2 Å². The molecule has 0 unspecified atom stereocenters. The fourth-order valence-corrected chi connectivity index (χ4v) is 2.45. The van der Waals surface area contributed by atoms with E-state index in [0.29, 0.717) is 0 Å². The molecule has 0 saturated heterocycles. The van der Waals surface area contributed by atoms with Crippen LogP contribution in [0.15, 0.2) is 29.5 Å². The van der Waals surface area contributed by atoms with E-state index in [1.54, 1.807) is 23.9 Å². The number of nitrogens with zero attached hydrogens (tertiary/aromatic N) is 4. The molecule has 6 heteroatoms. The Balaban J connectivity index is 1.74. The maximum atomic E-state index is 4.36. The molecule has 1 N–H and O–H groups in total. The Labute approximate surface area is 109 Å². The summed E-state index contributed by atoms with van der Waals surface area (Å²) in [5.74, 6) is 0.836. The van der Waals surface area contributed by atoms with E-state index in [4.69, 9.17) is 0 Å². The number of aryl methyl sites for hydroxylation is 1. The van der Waals surface area contributed by atoms with Gasteiger partial charge in [0.25, 0.3) is 0 Å². The lowest BCUT2D eigenvalue weighted by Gasteiger charge is -2.05. The van der Waals surface area contributed by atoms with Crippen LogP contribution in [0, 0.1) is 0 Å². The fourth-order valence-electron chi connectivity index (χ4n) is 1.86. The normalized spacial score (nSPS) is 10.9. The van der Waals surface area contributed by atoms with Gasteiger partial charge in [0.1, 0.15) is 5.52 Å². The molecule has 0 amide bonds. The van der Waals surface area contributed by atoms with Crippen molar-refractivity contribution in [1.29, 1.82) is 0 Å². The van der Waals surface area contributed by atoms with Crippen LogP contribution in [-0.2, 0) is 13.5 Å². The standard InChI is InChI=1S/C12H13N5S/c1-17-7-15-11-10(17)3-5-14-12(11)13-4-2-9-6-18-8-16-9/h3,5-8H,2,4H2,1H3,(H,13,14). The van der Waals surface area contributed by atoms with Gasteiger partial charge in [-0.15, -0.1) is 11.3 Å². The topological polar surface area (TPSA) is 55.6 Å². The van der Waals surface area contributed by atoms with Gasteiger partial charge in [0.05, 0.1) is 23.0 Å². The van der Waals surface area contributed by atoms with Crippen molar-refractivity contribution in [3.8, 4) is 0 Å². The highest BCUT2D eigenvalue weighted by Gasteiger charge is 2.06. The number of imidazole rings is 1. The first-order chi connectivity index (χ1) is 8.84. The first-order valence-corrected chi connectivity index (χ1v) is 6.66. The summed E-state index contributed by atoms with van der Waals surface area (Å²) in [5, 5.41) is 5.38. The number of hydrogen-bond donors (Lipinski definition) is 1. The third kappa shape index (κ3) is 2.06. The summed E-state index contributed by atoms with van der Waals surface area (Å²) in [5.41, 5.74) is 4.97. The fraction of sp³-hybridized carbons (Fsp3) is 0.250. The van der Waals surface area contributed by atoms with Crippen molar-refractivity contribution >= 4 is 28.2 Å². The number of thiazole rings is 1. The second kappa shape index (κ2) is 4.73. The quantitative estimate of drug-likeness (QED) is 0.779. The summed E-state index contributed by atoms with van der Waals surface area (Å²) in [6.07, 6.45) is 4.50. The number of hydrogen-bond acceptors (Lipinski definition) is 5. The van der Waals surface area contributed by atoms with Crippen LogP contribution in [0.5, 0.6) is 0 Å². The van der Waals surface area contributed by atoms with Gasteiger partial charge in [-0.2, -0.15) is 0 Å². The highest BCUT2D eigenvalue weighted by atomic mass is 32.1. The van der Waals surface area contributed by atoms with Gasteiger partial charge < -0.3 is 9.88 Å². The van der Waals surface area contributed by atoms with E-state index in [2.05, 4.69) is 25.6 Å². The average molecular weight is 259 g/mol. The largest absolute Gasteiger partial charge is 0.368 e. The van der Waals surface area contributed by atoms with Crippen molar-refractivity contribution in [3.63, 3.8) is 0 Å². The van der Waals surface area contributed by atoms with Gasteiger partial charge in [-0.25, -0.2) is 15.0 Å². The highest BCUT2D eigenvalue weighted by molar-refractivity contribution is 7.07. The van der Waals surface area contributed by atoms with Gasteiger partial charge in [-0.3, -0.25) is 0 Å². The molecule has 3 aromatic heterocycles. The number of rotatable bonds is 4. The predicted octanol–water partition coefficient (Wildman–Crippen LogP) is 2.08. The SMILES string of the molecule is Cn1cnc2c(NCCc3cscn3)nccc21. The minimum Gasteiger partial charge on any atom is -0.368 e. The number of nitrogens with one attached hydrogen (secondary N) is 1. The zero-order chi connectivity index (χ0) is 12.4. The molecule has 0 aliphatic rings. The second-order valence-corrected chi connectivity index (χ2v) is 4.76. The molecule has 0 bridgehead atoms. The van der Waals surface area contributed by atoms with E-state index in [9.17, 15) is 0 Å². The molecule has 0 atom stereocenters. The summed E-state index contributed by atoms with van der Waals surface area (Å²) >= 11 is 1.62. The third-order valence-corrected chi connectivity index (χ3v) is 3.44. The number of anilines is 1. The lowest BCUT2D eigenvalue weighted by Crippen LogP contribution is -2.06. The van der Waals surface area contributed by atoms with Gasteiger partial charge in [0.2, 0.25) is 0 Å². The van der Waals surface area contributed by atoms with E-state index in [-0.39, 0.29) is 0 Å². The van der Waals surface area contributed by atoms with Crippen LogP contribution in [0.25, 0.3) is 11.0 Å². The van der Waals surface area contributed by atoms with Crippen molar-refractivity contribution in [2.45, 2.75) is 6.42 Å². The molecular formula is C12H13N5S. The molecule has 0 aliphatic heterocycles. The van der Waals surface area contributed by atoms with Crippen LogP contribution in [0.3, 0.4) is 0 Å². The third-order valence-electron chi connectivity index (χ3n) is 2.80. The number of fused-ring (bicyclic) bond motifs is 1. The molecule has 0 aliphatic carbocycles. The van der Waals surface area contributed by atoms with Crippen molar-refractivity contribution in [2.75, 3.05) is 11.9 Å². The van der Waals surface area contributed by atoms with Gasteiger partial charge in [-0.1, -0.05) is 0 Å². The molecular weight excluding hydrogens is 246 g/mol. The maximum absolute atomic E-state index is 4.36. The lowest BCUT2D eigenvalue weighted by molar-refractivity contribution is 0.947. The average Bonchev–Trinajstić information content (AvgIpc) is 3.01. The summed E-state index contributed by atoms with van der Waals surface area (Å²) in [6, 6.07) is 1.97. The molecule has 92 valence electrons. The summed E-state index contributed by atoms with van der Waals surface area (Å²) in [7, 11) is 1.98. The van der Waals surface area contributed by atoms with Crippen molar-refractivity contribution in [2.24, 2.45) is 7.05 Å². The van der Waals surface area contributed by atoms with Crippen LogP contribution in [0.4, 0.5) is 5.82 Å². The second-order valence-electron chi connectivity index (χ2n) is 4.04. The molecule has 18 heavy (non-hydrogen) atoms. The lowest BCUT2D eigenvalue weighted by atomic mass is 10.3. The molecule has 5 nitrogen and oxygen atoms in total. The molecule has 0 spiro atoms. The van der Waals surface area contributed by atoms with Crippen molar-refractivity contribution in [1.82, 2.24) is 19.5 Å². The van der Waals surface area contributed by atoms with Gasteiger partial charge >= 0.3 is 0 Å². The Morgan fingerprint density at radius 2 is 2.28 bits per heavy atom. The summed E-state index contributed by atoms with van der Waals surface area (Å²) in [4.78, 5) is 12.9. The molecule has 3 heterocycles. The van der Waals surface area contributed by atoms with Crippen LogP contribution in [-0.4, -0.2) is 26.1 Å². The van der Waals surface area contributed by atoms with Crippen LogP contribution >= 0.6 is 11.3 Å². The van der Waals surface area contributed by atoms with Gasteiger partial charge in [0, 0.05) is 31.6 Å². The Morgan fingerprint density at radius 1 is 1.33 bits per heavy atom. The molecule has 3 aromatic rings. The molecule has 3 rings (SSSR count). The first-order valence-electron chi connectivity index (χ1n) is 5.71. The van der Waals surface area contributed by atoms with Crippen LogP contribution in [0.1, 0.15) is 5.69 Å². The smallest absolute Gasteiger partial charge is 0.154 e. The highest BCUT2D eigenvalue weighted by Crippen LogP contribution is 2.18. The van der Waals surface area contributed by atoms with E-state index in [0.717, 1.165) is 35.5 Å². The minimum absolute atomic E-state index is 0.812.